The van der Waals surface area contributed by atoms with Crippen LogP contribution in [-0.4, -0.2) is 28.0 Å². The summed E-state index contributed by atoms with van der Waals surface area (Å²) in [6, 6.07) is 1.97. The largest absolute Gasteiger partial charge is 0.393 e. The highest BCUT2D eigenvalue weighted by Crippen LogP contribution is 2.12. The lowest BCUT2D eigenvalue weighted by molar-refractivity contribution is 0.687. The molecular formula is C12H20N4S. The van der Waals surface area contributed by atoms with Crippen LogP contribution in [0.2, 0.25) is 0 Å². The average Bonchev–Trinajstić information content (AvgIpc) is 2.23. The molecule has 0 spiro atoms. The summed E-state index contributed by atoms with van der Waals surface area (Å²) in [6.45, 7) is 9.65. The third-order valence-corrected chi connectivity index (χ3v) is 3.02. The van der Waals surface area contributed by atoms with Gasteiger partial charge in [-0.15, -0.1) is 0 Å². The normalized spacial score (nSPS) is 12.2. The van der Waals surface area contributed by atoms with E-state index in [9.17, 15) is 0 Å². The van der Waals surface area contributed by atoms with E-state index >= 15 is 0 Å². The molecule has 0 aliphatic heterocycles. The highest BCUT2D eigenvalue weighted by Gasteiger charge is 2.14. The second kappa shape index (κ2) is 5.91. The molecule has 1 aromatic rings. The molecular weight excluding hydrogens is 232 g/mol. The zero-order chi connectivity index (χ0) is 13.0. The van der Waals surface area contributed by atoms with Crippen molar-refractivity contribution in [3.8, 4) is 0 Å². The molecule has 94 valence electrons. The smallest absolute Gasteiger partial charge is 0.225 e. The first-order valence-electron chi connectivity index (χ1n) is 5.80. The maximum Gasteiger partial charge on any atom is 0.225 e. The van der Waals surface area contributed by atoms with Crippen molar-refractivity contribution >= 4 is 23.2 Å². The fourth-order valence-electron chi connectivity index (χ4n) is 1.62. The van der Waals surface area contributed by atoms with Crippen molar-refractivity contribution in [2.75, 3.05) is 18.0 Å². The van der Waals surface area contributed by atoms with E-state index in [-0.39, 0.29) is 5.92 Å². The maximum atomic E-state index is 5.64. The Morgan fingerprint density at radius 2 is 1.94 bits per heavy atom. The molecule has 1 rings (SSSR count). The van der Waals surface area contributed by atoms with Crippen molar-refractivity contribution in [2.24, 2.45) is 11.7 Å². The van der Waals surface area contributed by atoms with Crippen LogP contribution in [0.3, 0.4) is 0 Å². The Morgan fingerprint density at radius 1 is 1.41 bits per heavy atom. The van der Waals surface area contributed by atoms with E-state index in [1.54, 1.807) is 0 Å². The van der Waals surface area contributed by atoms with E-state index in [1.165, 1.54) is 0 Å². The minimum Gasteiger partial charge on any atom is -0.393 e. The Labute approximate surface area is 108 Å². The molecule has 1 unspecified atom stereocenters. The first-order valence-corrected chi connectivity index (χ1v) is 6.21. The van der Waals surface area contributed by atoms with Crippen molar-refractivity contribution in [3.63, 3.8) is 0 Å². The van der Waals surface area contributed by atoms with Gasteiger partial charge in [-0.25, -0.2) is 9.97 Å². The number of nitrogens with two attached hydrogens (primary N) is 1. The van der Waals surface area contributed by atoms with Gasteiger partial charge in [-0.3, -0.25) is 0 Å². The van der Waals surface area contributed by atoms with Crippen molar-refractivity contribution < 1.29 is 0 Å². The van der Waals surface area contributed by atoms with E-state index in [1.807, 2.05) is 26.8 Å². The van der Waals surface area contributed by atoms with E-state index in [0.29, 0.717) is 4.99 Å². The molecule has 4 nitrogen and oxygen atoms in total. The van der Waals surface area contributed by atoms with Crippen molar-refractivity contribution in [2.45, 2.75) is 27.7 Å². The lowest BCUT2D eigenvalue weighted by Gasteiger charge is -2.24. The highest BCUT2D eigenvalue weighted by molar-refractivity contribution is 7.80. The summed E-state index contributed by atoms with van der Waals surface area (Å²) in [6.07, 6.45) is 0. The van der Waals surface area contributed by atoms with E-state index in [4.69, 9.17) is 18.0 Å². The quantitative estimate of drug-likeness (QED) is 0.810. The molecule has 0 fully saturated rings. The third kappa shape index (κ3) is 3.93. The van der Waals surface area contributed by atoms with Gasteiger partial charge >= 0.3 is 0 Å². The predicted octanol–water partition coefficient (Wildman–Crippen LogP) is 1.84. The van der Waals surface area contributed by atoms with Crippen LogP contribution in [0.25, 0.3) is 0 Å². The Bertz CT molecular complexity index is 385. The number of hydrogen-bond acceptors (Lipinski definition) is 4. The summed E-state index contributed by atoms with van der Waals surface area (Å²) in [7, 11) is 0. The van der Waals surface area contributed by atoms with Crippen LogP contribution in [0.5, 0.6) is 0 Å². The molecule has 0 bridgehead atoms. The van der Waals surface area contributed by atoms with Gasteiger partial charge in [0.05, 0.1) is 4.99 Å². The second-order valence-electron chi connectivity index (χ2n) is 4.29. The fraction of sp³-hybridized carbons (Fsp3) is 0.583. The van der Waals surface area contributed by atoms with Gasteiger partial charge in [0.1, 0.15) is 0 Å². The molecule has 0 radical (unpaired) electrons. The minimum absolute atomic E-state index is 0.161. The molecule has 2 N–H and O–H groups in total. The Balaban J connectivity index is 2.89. The van der Waals surface area contributed by atoms with Gasteiger partial charge in [0.15, 0.2) is 0 Å². The first-order chi connectivity index (χ1) is 7.93. The standard InChI is InChI=1S/C12H20N4S/c1-5-16(7-8(2)11(13)17)12-14-9(3)6-10(4)15-12/h6,8H,5,7H2,1-4H3,(H2,13,17). The van der Waals surface area contributed by atoms with Crippen molar-refractivity contribution in [1.82, 2.24) is 9.97 Å². The molecule has 5 heteroatoms. The average molecular weight is 252 g/mol. The Hall–Kier alpha value is -1.23. The lowest BCUT2D eigenvalue weighted by Crippen LogP contribution is -2.35. The number of hydrogen-bond donors (Lipinski definition) is 1. The van der Waals surface area contributed by atoms with Crippen LogP contribution in [0.1, 0.15) is 25.2 Å². The first kappa shape index (κ1) is 13.8. The fourth-order valence-corrected chi connectivity index (χ4v) is 1.70. The molecule has 0 amide bonds. The van der Waals surface area contributed by atoms with Gasteiger partial charge in [0.25, 0.3) is 0 Å². The molecule has 1 atom stereocenters. The van der Waals surface area contributed by atoms with Crippen LogP contribution in [0.15, 0.2) is 6.07 Å². The molecule has 0 aliphatic rings. The second-order valence-corrected chi connectivity index (χ2v) is 4.76. The lowest BCUT2D eigenvalue weighted by atomic mass is 10.1. The number of nitrogens with zero attached hydrogens (tertiary/aromatic N) is 3. The Kier molecular flexibility index (Phi) is 4.81. The molecule has 0 aromatic carbocycles. The van der Waals surface area contributed by atoms with Crippen LogP contribution in [-0.2, 0) is 0 Å². The summed E-state index contributed by atoms with van der Waals surface area (Å²) < 4.78 is 0. The highest BCUT2D eigenvalue weighted by atomic mass is 32.1. The van der Waals surface area contributed by atoms with Crippen LogP contribution in [0.4, 0.5) is 5.95 Å². The molecule has 1 aromatic heterocycles. The van der Waals surface area contributed by atoms with Gasteiger partial charge in [-0.1, -0.05) is 19.1 Å². The topological polar surface area (TPSA) is 55.0 Å². The van der Waals surface area contributed by atoms with E-state index in [0.717, 1.165) is 30.4 Å². The number of anilines is 1. The number of thiocarbonyl (C=S) groups is 1. The van der Waals surface area contributed by atoms with Crippen molar-refractivity contribution in [3.05, 3.63) is 17.5 Å². The zero-order valence-electron chi connectivity index (χ0n) is 10.9. The van der Waals surface area contributed by atoms with Crippen molar-refractivity contribution in [1.29, 1.82) is 0 Å². The monoisotopic (exact) mass is 252 g/mol. The molecule has 17 heavy (non-hydrogen) atoms. The predicted molar refractivity (Wildman–Crippen MR) is 75.3 cm³/mol. The third-order valence-electron chi connectivity index (χ3n) is 2.61. The summed E-state index contributed by atoms with van der Waals surface area (Å²) in [5.74, 6) is 0.919. The molecule has 1 heterocycles. The number of rotatable bonds is 5. The summed E-state index contributed by atoms with van der Waals surface area (Å²) in [5.41, 5.74) is 7.60. The Morgan fingerprint density at radius 3 is 2.35 bits per heavy atom. The summed E-state index contributed by atoms with van der Waals surface area (Å²) in [4.78, 5) is 11.5. The van der Waals surface area contributed by atoms with Crippen LogP contribution < -0.4 is 10.6 Å². The molecule has 0 aliphatic carbocycles. The summed E-state index contributed by atoms with van der Waals surface area (Å²) in [5, 5.41) is 0. The van der Waals surface area contributed by atoms with Gasteiger partial charge in [-0.05, 0) is 26.8 Å². The molecule has 0 saturated carbocycles. The van der Waals surface area contributed by atoms with Gasteiger partial charge < -0.3 is 10.6 Å². The zero-order valence-corrected chi connectivity index (χ0v) is 11.7. The van der Waals surface area contributed by atoms with Crippen LogP contribution in [0, 0.1) is 19.8 Å². The van der Waals surface area contributed by atoms with Gasteiger partial charge in [0, 0.05) is 30.4 Å². The minimum atomic E-state index is 0.161. The van der Waals surface area contributed by atoms with E-state index in [2.05, 4.69) is 21.8 Å². The van der Waals surface area contributed by atoms with Crippen LogP contribution >= 0.6 is 12.2 Å². The van der Waals surface area contributed by atoms with Gasteiger partial charge in [-0.2, -0.15) is 0 Å². The maximum absolute atomic E-state index is 5.64. The number of aromatic nitrogens is 2. The molecule has 0 saturated heterocycles. The number of aryl methyl sites for hydroxylation is 2. The van der Waals surface area contributed by atoms with E-state index < -0.39 is 0 Å². The SMILES string of the molecule is CCN(CC(C)C(N)=S)c1nc(C)cc(C)n1. The summed E-state index contributed by atoms with van der Waals surface area (Å²) >= 11 is 5.00. The van der Waals surface area contributed by atoms with Gasteiger partial charge in [0.2, 0.25) is 5.95 Å².